The van der Waals surface area contributed by atoms with Gasteiger partial charge in [0.15, 0.2) is 0 Å². The molecule has 1 unspecified atom stereocenters. The summed E-state index contributed by atoms with van der Waals surface area (Å²) in [6.45, 7) is 2.60. The summed E-state index contributed by atoms with van der Waals surface area (Å²) in [5.74, 6) is -0.205. The number of aromatic nitrogens is 1. The van der Waals surface area contributed by atoms with E-state index in [1.165, 1.54) is 11.6 Å². The van der Waals surface area contributed by atoms with Gasteiger partial charge in [-0.2, -0.15) is 0 Å². The van der Waals surface area contributed by atoms with Crippen molar-refractivity contribution in [1.82, 2.24) is 9.47 Å². The zero-order valence-corrected chi connectivity index (χ0v) is 11.4. The third-order valence-corrected chi connectivity index (χ3v) is 3.68. The van der Waals surface area contributed by atoms with E-state index >= 15 is 0 Å². The van der Waals surface area contributed by atoms with Crippen LogP contribution in [0.2, 0.25) is 0 Å². The predicted octanol–water partition coefficient (Wildman–Crippen LogP) is 2.19. The quantitative estimate of drug-likeness (QED) is 0.904. The first-order valence-electron chi connectivity index (χ1n) is 6.08. The zero-order chi connectivity index (χ0) is 13.4. The van der Waals surface area contributed by atoms with Crippen LogP contribution >= 0.6 is 0 Å². The van der Waals surface area contributed by atoms with Gasteiger partial charge in [0, 0.05) is 30.7 Å². The van der Waals surface area contributed by atoms with Crippen LogP contribution in [-0.2, 0) is 7.05 Å². The highest BCUT2D eigenvalue weighted by molar-refractivity contribution is 5.86. The molecule has 0 spiro atoms. The van der Waals surface area contributed by atoms with Crippen LogP contribution in [0.3, 0.4) is 0 Å². The van der Waals surface area contributed by atoms with Gasteiger partial charge in [0.05, 0.1) is 5.52 Å². The molecule has 0 radical (unpaired) electrons. The molecule has 2 aromatic rings. The lowest BCUT2D eigenvalue weighted by Crippen LogP contribution is -2.27. The fraction of sp³-hybridized carbons (Fsp3) is 0.429. The molecule has 0 saturated heterocycles. The molecule has 2 N–H and O–H groups in total. The van der Waals surface area contributed by atoms with Crippen LogP contribution in [0.5, 0.6) is 0 Å². The number of hydrogen-bond acceptors (Lipinski definition) is 2. The molecule has 98 valence electrons. The van der Waals surface area contributed by atoms with Crippen LogP contribution in [0.1, 0.15) is 17.3 Å². The molecule has 18 heavy (non-hydrogen) atoms. The Labute approximate surface area is 107 Å². The summed E-state index contributed by atoms with van der Waals surface area (Å²) in [5.41, 5.74) is 9.13. The maximum atomic E-state index is 13.4. The molecule has 2 rings (SSSR count). The highest BCUT2D eigenvalue weighted by atomic mass is 19.1. The number of aryl methyl sites for hydroxylation is 1. The second-order valence-corrected chi connectivity index (χ2v) is 4.93. The third kappa shape index (κ3) is 1.91. The summed E-state index contributed by atoms with van der Waals surface area (Å²) in [5, 5.41) is 1.08. The van der Waals surface area contributed by atoms with Crippen LogP contribution < -0.4 is 5.73 Å². The van der Waals surface area contributed by atoms with Crippen LogP contribution in [0.4, 0.5) is 4.39 Å². The van der Waals surface area contributed by atoms with E-state index in [-0.39, 0.29) is 11.9 Å². The fourth-order valence-electron chi connectivity index (χ4n) is 2.57. The lowest BCUT2D eigenvalue weighted by atomic mass is 10.0. The summed E-state index contributed by atoms with van der Waals surface area (Å²) in [6.07, 6.45) is 0. The minimum absolute atomic E-state index is 0.152. The predicted molar refractivity (Wildman–Crippen MR) is 73.1 cm³/mol. The first kappa shape index (κ1) is 13.1. The smallest absolute Gasteiger partial charge is 0.125 e. The van der Waals surface area contributed by atoms with Gasteiger partial charge in [-0.15, -0.1) is 0 Å². The molecule has 0 bridgehead atoms. The molecule has 1 aromatic carbocycles. The number of benzene rings is 1. The van der Waals surface area contributed by atoms with E-state index in [1.807, 2.05) is 31.8 Å². The Morgan fingerprint density at radius 3 is 2.61 bits per heavy atom. The van der Waals surface area contributed by atoms with E-state index in [0.717, 1.165) is 16.6 Å². The van der Waals surface area contributed by atoms with Crippen molar-refractivity contribution < 1.29 is 4.39 Å². The molecule has 4 heteroatoms. The SMILES string of the molecule is Cc1c(C(CN)N(C)C)c2ccc(F)cc2n1C. The fourth-order valence-corrected chi connectivity index (χ4v) is 2.57. The number of halogens is 1. The van der Waals surface area contributed by atoms with Crippen molar-refractivity contribution in [3.8, 4) is 0 Å². The second-order valence-electron chi connectivity index (χ2n) is 4.93. The van der Waals surface area contributed by atoms with Crippen molar-refractivity contribution in [3.63, 3.8) is 0 Å². The van der Waals surface area contributed by atoms with E-state index in [4.69, 9.17) is 5.73 Å². The average molecular weight is 249 g/mol. The Kier molecular flexibility index (Phi) is 3.41. The van der Waals surface area contributed by atoms with Crippen molar-refractivity contribution in [3.05, 3.63) is 35.3 Å². The lowest BCUT2D eigenvalue weighted by molar-refractivity contribution is 0.306. The van der Waals surface area contributed by atoms with Gasteiger partial charge in [0.25, 0.3) is 0 Å². The average Bonchev–Trinajstić information content (AvgIpc) is 2.55. The molecule has 1 aromatic heterocycles. The molecule has 0 aliphatic heterocycles. The highest BCUT2D eigenvalue weighted by Crippen LogP contribution is 2.32. The Bertz CT molecular complexity index is 572. The van der Waals surface area contributed by atoms with Gasteiger partial charge < -0.3 is 15.2 Å². The van der Waals surface area contributed by atoms with Crippen LogP contribution in [0, 0.1) is 12.7 Å². The second kappa shape index (κ2) is 4.71. The van der Waals surface area contributed by atoms with Gasteiger partial charge in [0.1, 0.15) is 5.82 Å². The minimum atomic E-state index is -0.205. The normalized spacial score (nSPS) is 13.5. The number of hydrogen-bond donors (Lipinski definition) is 1. The largest absolute Gasteiger partial charge is 0.348 e. The Morgan fingerprint density at radius 2 is 2.06 bits per heavy atom. The molecule has 0 aliphatic rings. The Morgan fingerprint density at radius 1 is 1.39 bits per heavy atom. The molecule has 3 nitrogen and oxygen atoms in total. The third-order valence-electron chi connectivity index (χ3n) is 3.68. The maximum absolute atomic E-state index is 13.4. The van der Waals surface area contributed by atoms with Crippen molar-refractivity contribution >= 4 is 10.9 Å². The number of nitrogens with two attached hydrogens (primary N) is 1. The molecule has 1 atom stereocenters. The summed E-state index contributed by atoms with van der Waals surface area (Å²) in [7, 11) is 5.99. The molecule has 0 amide bonds. The first-order valence-corrected chi connectivity index (χ1v) is 6.08. The van der Waals surface area contributed by atoms with E-state index in [2.05, 4.69) is 11.8 Å². The monoisotopic (exact) mass is 249 g/mol. The lowest BCUT2D eigenvalue weighted by Gasteiger charge is -2.23. The zero-order valence-electron chi connectivity index (χ0n) is 11.4. The van der Waals surface area contributed by atoms with Gasteiger partial charge in [0.2, 0.25) is 0 Å². The van der Waals surface area contributed by atoms with Gasteiger partial charge in [-0.1, -0.05) is 0 Å². The molecule has 1 heterocycles. The topological polar surface area (TPSA) is 34.2 Å². The minimum Gasteiger partial charge on any atom is -0.348 e. The van der Waals surface area contributed by atoms with Crippen molar-refractivity contribution in [2.24, 2.45) is 12.8 Å². The molecular weight excluding hydrogens is 229 g/mol. The Hall–Kier alpha value is -1.39. The number of likely N-dealkylation sites (N-methyl/N-ethyl adjacent to an activating group) is 1. The first-order chi connectivity index (χ1) is 8.47. The number of nitrogens with zero attached hydrogens (tertiary/aromatic N) is 2. The van der Waals surface area contributed by atoms with E-state index < -0.39 is 0 Å². The van der Waals surface area contributed by atoms with E-state index in [1.54, 1.807) is 6.07 Å². The number of rotatable bonds is 3. The molecular formula is C14H20FN3. The van der Waals surface area contributed by atoms with Crippen LogP contribution in [0.15, 0.2) is 18.2 Å². The van der Waals surface area contributed by atoms with E-state index in [0.29, 0.717) is 6.54 Å². The van der Waals surface area contributed by atoms with Crippen LogP contribution in [-0.4, -0.2) is 30.1 Å². The van der Waals surface area contributed by atoms with Gasteiger partial charge in [-0.25, -0.2) is 4.39 Å². The van der Waals surface area contributed by atoms with Crippen molar-refractivity contribution in [2.45, 2.75) is 13.0 Å². The van der Waals surface area contributed by atoms with Crippen molar-refractivity contribution in [2.75, 3.05) is 20.6 Å². The Balaban J connectivity index is 2.74. The summed E-state index contributed by atoms with van der Waals surface area (Å²) < 4.78 is 15.4. The summed E-state index contributed by atoms with van der Waals surface area (Å²) in [4.78, 5) is 2.10. The van der Waals surface area contributed by atoms with Crippen molar-refractivity contribution in [1.29, 1.82) is 0 Å². The highest BCUT2D eigenvalue weighted by Gasteiger charge is 2.21. The summed E-state index contributed by atoms with van der Waals surface area (Å²) >= 11 is 0. The standard InChI is InChI=1S/C14H20FN3/c1-9-14(13(8-16)17(2)3)11-6-5-10(15)7-12(11)18(9)4/h5-7,13H,8,16H2,1-4H3. The van der Waals surface area contributed by atoms with Gasteiger partial charge in [-0.05, 0) is 44.8 Å². The molecule has 0 fully saturated rings. The maximum Gasteiger partial charge on any atom is 0.125 e. The number of fused-ring (bicyclic) bond motifs is 1. The molecule has 0 aliphatic carbocycles. The van der Waals surface area contributed by atoms with Gasteiger partial charge in [-0.3, -0.25) is 0 Å². The summed E-state index contributed by atoms with van der Waals surface area (Å²) in [6, 6.07) is 5.09. The molecule has 0 saturated carbocycles. The van der Waals surface area contributed by atoms with Gasteiger partial charge >= 0.3 is 0 Å². The van der Waals surface area contributed by atoms with Crippen LogP contribution in [0.25, 0.3) is 10.9 Å². The van der Waals surface area contributed by atoms with E-state index in [9.17, 15) is 4.39 Å².